The fourth-order valence-electron chi connectivity index (χ4n) is 2.05. The number of nitriles is 1. The average molecular weight is 224 g/mol. The van der Waals surface area contributed by atoms with Gasteiger partial charge < -0.3 is 0 Å². The van der Waals surface area contributed by atoms with Gasteiger partial charge in [-0.1, -0.05) is 49.4 Å². The highest BCUT2D eigenvalue weighted by Gasteiger charge is 2.05. The zero-order valence-corrected chi connectivity index (χ0v) is 10.1. The molecule has 2 aromatic carbocycles. The van der Waals surface area contributed by atoms with E-state index >= 15 is 0 Å². The maximum Gasteiger partial charge on any atom is 0.0868 e. The zero-order valence-electron chi connectivity index (χ0n) is 10.1. The Labute approximate surface area is 102 Å². The molecule has 2 rings (SSSR count). The van der Waals surface area contributed by atoms with Crippen molar-refractivity contribution >= 4 is 10.8 Å². The summed E-state index contributed by atoms with van der Waals surface area (Å²) in [6.45, 7) is 4.31. The van der Waals surface area contributed by atoms with Crippen LogP contribution >= 0.6 is 0 Å². The van der Waals surface area contributed by atoms with Gasteiger partial charge in [0.2, 0.25) is 0 Å². The van der Waals surface area contributed by atoms with Crippen LogP contribution in [0.25, 0.3) is 10.8 Å². The summed E-state index contributed by atoms with van der Waals surface area (Å²) < 4.78 is 0. The van der Waals surface area contributed by atoms with Gasteiger partial charge in [-0.3, -0.25) is 4.90 Å². The highest BCUT2D eigenvalue weighted by molar-refractivity contribution is 5.85. The van der Waals surface area contributed by atoms with Crippen molar-refractivity contribution in [2.45, 2.75) is 13.5 Å². The first kappa shape index (κ1) is 11.6. The quantitative estimate of drug-likeness (QED) is 0.746. The van der Waals surface area contributed by atoms with Crippen LogP contribution in [0.15, 0.2) is 42.5 Å². The SMILES string of the molecule is CCN(CC#N)Cc1cccc2ccccc12. The summed E-state index contributed by atoms with van der Waals surface area (Å²) in [5.74, 6) is 0. The Bertz CT molecular complexity index is 535. The molecule has 0 saturated heterocycles. The van der Waals surface area contributed by atoms with Gasteiger partial charge in [0.05, 0.1) is 12.6 Å². The molecule has 0 aromatic heterocycles. The minimum absolute atomic E-state index is 0.486. The van der Waals surface area contributed by atoms with E-state index in [9.17, 15) is 0 Å². The van der Waals surface area contributed by atoms with Crippen LogP contribution in [0.1, 0.15) is 12.5 Å². The van der Waals surface area contributed by atoms with Gasteiger partial charge in [-0.05, 0) is 22.9 Å². The summed E-state index contributed by atoms with van der Waals surface area (Å²) in [5, 5.41) is 11.3. The van der Waals surface area contributed by atoms with Crippen molar-refractivity contribution in [3.8, 4) is 6.07 Å². The molecule has 0 bridgehead atoms. The molecular formula is C15H16N2. The predicted octanol–water partition coefficient (Wildman–Crippen LogP) is 3.19. The van der Waals surface area contributed by atoms with Gasteiger partial charge >= 0.3 is 0 Å². The lowest BCUT2D eigenvalue weighted by Crippen LogP contribution is -2.23. The van der Waals surface area contributed by atoms with E-state index in [1.807, 2.05) is 0 Å². The van der Waals surface area contributed by atoms with Crippen LogP contribution in [0.3, 0.4) is 0 Å². The molecule has 0 aliphatic carbocycles. The maximum atomic E-state index is 8.77. The van der Waals surface area contributed by atoms with Gasteiger partial charge in [0.25, 0.3) is 0 Å². The molecular weight excluding hydrogens is 208 g/mol. The van der Waals surface area contributed by atoms with Crippen molar-refractivity contribution in [1.29, 1.82) is 5.26 Å². The molecule has 86 valence electrons. The number of hydrogen-bond donors (Lipinski definition) is 0. The van der Waals surface area contributed by atoms with Crippen molar-refractivity contribution in [3.63, 3.8) is 0 Å². The Morgan fingerprint density at radius 3 is 2.65 bits per heavy atom. The third-order valence-electron chi connectivity index (χ3n) is 3.02. The van der Waals surface area contributed by atoms with E-state index in [-0.39, 0.29) is 0 Å². The van der Waals surface area contributed by atoms with Gasteiger partial charge in [0, 0.05) is 6.54 Å². The topological polar surface area (TPSA) is 27.0 Å². The molecule has 0 radical (unpaired) electrons. The second kappa shape index (κ2) is 5.47. The molecule has 0 fully saturated rings. The van der Waals surface area contributed by atoms with Gasteiger partial charge in [-0.2, -0.15) is 5.26 Å². The molecule has 2 aromatic rings. The summed E-state index contributed by atoms with van der Waals surface area (Å²) in [4.78, 5) is 2.14. The number of rotatable bonds is 4. The van der Waals surface area contributed by atoms with Crippen LogP contribution in [0.4, 0.5) is 0 Å². The van der Waals surface area contributed by atoms with E-state index in [1.165, 1.54) is 16.3 Å². The monoisotopic (exact) mass is 224 g/mol. The third kappa shape index (κ3) is 2.64. The lowest BCUT2D eigenvalue weighted by molar-refractivity contribution is 0.316. The number of benzene rings is 2. The first-order valence-corrected chi connectivity index (χ1v) is 5.91. The molecule has 2 nitrogen and oxygen atoms in total. The average Bonchev–Trinajstić information content (AvgIpc) is 2.38. The summed E-state index contributed by atoms with van der Waals surface area (Å²) in [6.07, 6.45) is 0. The molecule has 0 atom stereocenters. The fourth-order valence-corrected chi connectivity index (χ4v) is 2.05. The van der Waals surface area contributed by atoms with Crippen molar-refractivity contribution < 1.29 is 0 Å². The first-order valence-electron chi connectivity index (χ1n) is 5.91. The van der Waals surface area contributed by atoms with Gasteiger partial charge in [0.15, 0.2) is 0 Å². The van der Waals surface area contributed by atoms with Crippen molar-refractivity contribution in [2.75, 3.05) is 13.1 Å². The number of fused-ring (bicyclic) bond motifs is 1. The Morgan fingerprint density at radius 2 is 1.88 bits per heavy atom. The Balaban J connectivity index is 2.32. The minimum atomic E-state index is 0.486. The molecule has 0 heterocycles. The van der Waals surface area contributed by atoms with Gasteiger partial charge in [0.1, 0.15) is 0 Å². The summed E-state index contributed by atoms with van der Waals surface area (Å²) in [6, 6.07) is 16.9. The van der Waals surface area contributed by atoms with E-state index in [2.05, 4.69) is 60.4 Å². The predicted molar refractivity (Wildman–Crippen MR) is 70.5 cm³/mol. The standard InChI is InChI=1S/C15H16N2/c1-2-17(11-10-16)12-14-8-5-7-13-6-3-4-9-15(13)14/h3-9H,2,11-12H2,1H3. The van der Waals surface area contributed by atoms with E-state index in [0.29, 0.717) is 6.54 Å². The summed E-state index contributed by atoms with van der Waals surface area (Å²) >= 11 is 0. The molecule has 0 N–H and O–H groups in total. The maximum absolute atomic E-state index is 8.77. The van der Waals surface area contributed by atoms with E-state index in [0.717, 1.165) is 13.1 Å². The van der Waals surface area contributed by atoms with Gasteiger partial charge in [-0.15, -0.1) is 0 Å². The Morgan fingerprint density at radius 1 is 1.12 bits per heavy atom. The summed E-state index contributed by atoms with van der Waals surface area (Å²) in [5.41, 5.74) is 1.29. The van der Waals surface area contributed by atoms with Gasteiger partial charge in [-0.25, -0.2) is 0 Å². The minimum Gasteiger partial charge on any atom is -0.287 e. The van der Waals surface area contributed by atoms with E-state index in [4.69, 9.17) is 5.26 Å². The van der Waals surface area contributed by atoms with E-state index in [1.54, 1.807) is 0 Å². The van der Waals surface area contributed by atoms with Crippen molar-refractivity contribution in [3.05, 3.63) is 48.0 Å². The number of nitrogens with zero attached hydrogens (tertiary/aromatic N) is 2. The normalized spacial score (nSPS) is 10.6. The van der Waals surface area contributed by atoms with Crippen LogP contribution in [-0.4, -0.2) is 18.0 Å². The smallest absolute Gasteiger partial charge is 0.0868 e. The second-order valence-corrected chi connectivity index (χ2v) is 4.10. The molecule has 0 saturated carbocycles. The lowest BCUT2D eigenvalue weighted by atomic mass is 10.0. The Kier molecular flexibility index (Phi) is 3.74. The molecule has 0 aliphatic rings. The molecule has 2 heteroatoms. The third-order valence-corrected chi connectivity index (χ3v) is 3.02. The molecule has 17 heavy (non-hydrogen) atoms. The van der Waals surface area contributed by atoms with Crippen molar-refractivity contribution in [2.24, 2.45) is 0 Å². The highest BCUT2D eigenvalue weighted by Crippen LogP contribution is 2.19. The largest absolute Gasteiger partial charge is 0.287 e. The molecule has 0 amide bonds. The Hall–Kier alpha value is -1.85. The van der Waals surface area contributed by atoms with Crippen LogP contribution in [0.5, 0.6) is 0 Å². The van der Waals surface area contributed by atoms with Crippen LogP contribution in [-0.2, 0) is 6.54 Å². The first-order chi connectivity index (χ1) is 8.35. The molecule has 0 spiro atoms. The van der Waals surface area contributed by atoms with E-state index < -0.39 is 0 Å². The lowest BCUT2D eigenvalue weighted by Gasteiger charge is -2.17. The fraction of sp³-hybridized carbons (Fsp3) is 0.267. The van der Waals surface area contributed by atoms with Crippen LogP contribution in [0, 0.1) is 11.3 Å². The van der Waals surface area contributed by atoms with Crippen LogP contribution in [0.2, 0.25) is 0 Å². The van der Waals surface area contributed by atoms with Crippen molar-refractivity contribution in [1.82, 2.24) is 4.90 Å². The highest BCUT2D eigenvalue weighted by atomic mass is 15.1. The number of hydrogen-bond acceptors (Lipinski definition) is 2. The van der Waals surface area contributed by atoms with Crippen LogP contribution < -0.4 is 0 Å². The molecule has 0 aliphatic heterocycles. The second-order valence-electron chi connectivity index (χ2n) is 4.10. The molecule has 0 unspecified atom stereocenters. The summed E-state index contributed by atoms with van der Waals surface area (Å²) in [7, 11) is 0. The zero-order chi connectivity index (χ0) is 12.1.